The lowest BCUT2D eigenvalue weighted by Crippen LogP contribution is -2.19. The molecule has 0 unspecified atom stereocenters. The molecule has 23 heavy (non-hydrogen) atoms. The fourth-order valence-corrected chi connectivity index (χ4v) is 2.73. The van der Waals surface area contributed by atoms with Crippen LogP contribution in [0.4, 0.5) is 8.78 Å². The molecule has 0 radical (unpaired) electrons. The highest BCUT2D eigenvalue weighted by atomic mass is 79.9. The maximum atomic E-state index is 12.5. The molecule has 7 heteroatoms. The molecule has 2 N–H and O–H groups in total. The summed E-state index contributed by atoms with van der Waals surface area (Å²) in [5, 5.41) is 10.4. The molecule has 0 spiro atoms. The number of rotatable bonds is 6. The summed E-state index contributed by atoms with van der Waals surface area (Å²) in [4.78, 5) is 0. The van der Waals surface area contributed by atoms with Gasteiger partial charge >= 0.3 is 6.61 Å². The van der Waals surface area contributed by atoms with Gasteiger partial charge in [0.05, 0.1) is 6.20 Å². The van der Waals surface area contributed by atoms with E-state index in [-0.39, 0.29) is 11.2 Å². The zero-order valence-electron chi connectivity index (χ0n) is 13.3. The van der Waals surface area contributed by atoms with Gasteiger partial charge in [0.1, 0.15) is 5.75 Å². The van der Waals surface area contributed by atoms with Crippen LogP contribution < -0.4 is 10.1 Å². The van der Waals surface area contributed by atoms with Crippen molar-refractivity contribution in [2.45, 2.75) is 45.9 Å². The second-order valence-corrected chi connectivity index (χ2v) is 7.17. The Kier molecular flexibility index (Phi) is 5.75. The summed E-state index contributed by atoms with van der Waals surface area (Å²) in [5.41, 5.74) is 2.75. The SMILES string of the molecule is CC(C)(C)c1[nH]ncc1CNCc1cc(Br)ccc1OC(F)F. The Labute approximate surface area is 142 Å². The standard InChI is InChI=1S/C16H20BrF2N3O/c1-16(2,3)14-11(9-21-22-14)8-20-7-10-6-12(17)4-5-13(10)23-15(18)19/h4-6,9,15,20H,7-8H2,1-3H3,(H,21,22). The molecular formula is C16H20BrF2N3O. The number of nitrogens with zero attached hydrogens (tertiary/aromatic N) is 1. The van der Waals surface area contributed by atoms with Crippen molar-refractivity contribution in [3.63, 3.8) is 0 Å². The van der Waals surface area contributed by atoms with Crippen molar-refractivity contribution in [2.24, 2.45) is 0 Å². The van der Waals surface area contributed by atoms with Gasteiger partial charge in [-0.05, 0) is 18.2 Å². The van der Waals surface area contributed by atoms with Gasteiger partial charge in [0.25, 0.3) is 0 Å². The molecule has 126 valence electrons. The molecule has 0 saturated heterocycles. The van der Waals surface area contributed by atoms with Crippen molar-refractivity contribution in [1.29, 1.82) is 0 Å². The summed E-state index contributed by atoms with van der Waals surface area (Å²) in [6.45, 7) is 4.48. The zero-order valence-corrected chi connectivity index (χ0v) is 14.9. The smallest absolute Gasteiger partial charge is 0.387 e. The molecular weight excluding hydrogens is 368 g/mol. The molecule has 0 aliphatic rings. The monoisotopic (exact) mass is 387 g/mol. The number of aromatic nitrogens is 2. The van der Waals surface area contributed by atoms with Gasteiger partial charge in [0.15, 0.2) is 0 Å². The predicted octanol–water partition coefficient (Wildman–Crippen LogP) is 4.36. The minimum Gasteiger partial charge on any atom is -0.434 e. The zero-order chi connectivity index (χ0) is 17.0. The number of benzene rings is 1. The van der Waals surface area contributed by atoms with Crippen LogP contribution in [-0.2, 0) is 18.5 Å². The number of ether oxygens (including phenoxy) is 1. The molecule has 1 aromatic carbocycles. The first kappa shape index (κ1) is 17.9. The molecule has 0 saturated carbocycles. The van der Waals surface area contributed by atoms with Crippen molar-refractivity contribution in [3.05, 3.63) is 45.7 Å². The Hall–Kier alpha value is -1.47. The Morgan fingerprint density at radius 3 is 2.61 bits per heavy atom. The van der Waals surface area contributed by atoms with E-state index < -0.39 is 6.61 Å². The number of halogens is 3. The van der Waals surface area contributed by atoms with Crippen LogP contribution in [0.3, 0.4) is 0 Å². The predicted molar refractivity (Wildman–Crippen MR) is 88.6 cm³/mol. The van der Waals surface area contributed by atoms with E-state index in [4.69, 9.17) is 0 Å². The lowest BCUT2D eigenvalue weighted by atomic mass is 9.89. The van der Waals surface area contributed by atoms with Crippen LogP contribution in [0.5, 0.6) is 5.75 Å². The molecule has 1 heterocycles. The maximum Gasteiger partial charge on any atom is 0.387 e. The van der Waals surface area contributed by atoms with Crippen LogP contribution in [0.2, 0.25) is 0 Å². The Balaban J connectivity index is 2.04. The Morgan fingerprint density at radius 1 is 1.26 bits per heavy atom. The molecule has 0 bridgehead atoms. The van der Waals surface area contributed by atoms with E-state index in [1.54, 1.807) is 18.3 Å². The van der Waals surface area contributed by atoms with E-state index in [2.05, 4.69) is 57.0 Å². The number of H-pyrrole nitrogens is 1. The summed E-state index contributed by atoms with van der Waals surface area (Å²) in [5.74, 6) is 0.180. The second-order valence-electron chi connectivity index (χ2n) is 6.25. The highest BCUT2D eigenvalue weighted by Gasteiger charge is 2.19. The highest BCUT2D eigenvalue weighted by molar-refractivity contribution is 9.10. The van der Waals surface area contributed by atoms with Gasteiger partial charge in [-0.2, -0.15) is 13.9 Å². The summed E-state index contributed by atoms with van der Waals surface area (Å²) >= 11 is 3.35. The molecule has 0 atom stereocenters. The number of aromatic amines is 1. The van der Waals surface area contributed by atoms with Crippen molar-refractivity contribution < 1.29 is 13.5 Å². The largest absolute Gasteiger partial charge is 0.434 e. The molecule has 1 aromatic heterocycles. The van der Waals surface area contributed by atoms with Crippen LogP contribution in [0.15, 0.2) is 28.9 Å². The van der Waals surface area contributed by atoms with Crippen LogP contribution >= 0.6 is 15.9 Å². The van der Waals surface area contributed by atoms with Gasteiger partial charge in [-0.1, -0.05) is 36.7 Å². The summed E-state index contributed by atoms with van der Waals surface area (Å²) < 4.78 is 30.3. The molecule has 0 aliphatic carbocycles. The van der Waals surface area contributed by atoms with Crippen LogP contribution in [-0.4, -0.2) is 16.8 Å². The fourth-order valence-electron chi connectivity index (χ4n) is 2.32. The third kappa shape index (κ3) is 5.00. The van der Waals surface area contributed by atoms with Crippen molar-refractivity contribution in [3.8, 4) is 5.75 Å². The summed E-state index contributed by atoms with van der Waals surface area (Å²) in [7, 11) is 0. The van der Waals surface area contributed by atoms with Gasteiger partial charge in [0, 0.05) is 39.8 Å². The minimum atomic E-state index is -2.84. The van der Waals surface area contributed by atoms with Crippen molar-refractivity contribution in [2.75, 3.05) is 0 Å². The lowest BCUT2D eigenvalue weighted by Gasteiger charge is -2.18. The first-order valence-electron chi connectivity index (χ1n) is 7.24. The third-order valence-electron chi connectivity index (χ3n) is 3.34. The molecule has 0 amide bonds. The van der Waals surface area contributed by atoms with Gasteiger partial charge < -0.3 is 10.1 Å². The normalized spacial score (nSPS) is 12.0. The quantitative estimate of drug-likeness (QED) is 0.773. The molecule has 4 nitrogen and oxygen atoms in total. The molecule has 0 aliphatic heterocycles. The summed E-state index contributed by atoms with van der Waals surface area (Å²) in [6, 6.07) is 4.98. The average molecular weight is 388 g/mol. The lowest BCUT2D eigenvalue weighted by molar-refractivity contribution is -0.0505. The average Bonchev–Trinajstić information content (AvgIpc) is 2.90. The maximum absolute atomic E-state index is 12.5. The van der Waals surface area contributed by atoms with Gasteiger partial charge in [-0.15, -0.1) is 0 Å². The van der Waals surface area contributed by atoms with Crippen molar-refractivity contribution in [1.82, 2.24) is 15.5 Å². The van der Waals surface area contributed by atoms with E-state index in [0.29, 0.717) is 18.7 Å². The summed E-state index contributed by atoms with van der Waals surface area (Å²) in [6.07, 6.45) is 1.78. The second kappa shape index (κ2) is 7.40. The number of nitrogens with one attached hydrogen (secondary N) is 2. The van der Waals surface area contributed by atoms with Crippen LogP contribution in [0.1, 0.15) is 37.6 Å². The minimum absolute atomic E-state index is 0.0345. The van der Waals surface area contributed by atoms with E-state index in [0.717, 1.165) is 15.7 Å². The van der Waals surface area contributed by atoms with E-state index in [9.17, 15) is 8.78 Å². The Morgan fingerprint density at radius 2 is 1.96 bits per heavy atom. The highest BCUT2D eigenvalue weighted by Crippen LogP contribution is 2.26. The molecule has 2 rings (SSSR count). The van der Waals surface area contributed by atoms with Crippen LogP contribution in [0.25, 0.3) is 0 Å². The third-order valence-corrected chi connectivity index (χ3v) is 3.83. The molecule has 2 aromatic rings. The van der Waals surface area contributed by atoms with Gasteiger partial charge in [-0.25, -0.2) is 0 Å². The fraction of sp³-hybridized carbons (Fsp3) is 0.438. The van der Waals surface area contributed by atoms with Crippen molar-refractivity contribution >= 4 is 15.9 Å². The van der Waals surface area contributed by atoms with E-state index in [1.807, 2.05) is 0 Å². The van der Waals surface area contributed by atoms with E-state index in [1.165, 1.54) is 6.07 Å². The number of hydrogen-bond acceptors (Lipinski definition) is 3. The van der Waals surface area contributed by atoms with Crippen LogP contribution in [0, 0.1) is 0 Å². The van der Waals surface area contributed by atoms with E-state index >= 15 is 0 Å². The number of alkyl halides is 2. The first-order valence-corrected chi connectivity index (χ1v) is 8.03. The first-order chi connectivity index (χ1) is 10.8. The number of hydrogen-bond donors (Lipinski definition) is 2. The topological polar surface area (TPSA) is 49.9 Å². The van der Waals surface area contributed by atoms with Gasteiger partial charge in [0.2, 0.25) is 0 Å². The van der Waals surface area contributed by atoms with Gasteiger partial charge in [-0.3, -0.25) is 5.10 Å². The molecule has 0 fully saturated rings. The Bertz CT molecular complexity index is 653.